The highest BCUT2D eigenvalue weighted by molar-refractivity contribution is 5.86. The molecular formula is C13H16N2O. The van der Waals surface area contributed by atoms with Crippen molar-refractivity contribution in [1.82, 2.24) is 10.2 Å². The number of amides is 1. The zero-order chi connectivity index (χ0) is 11.5. The second-order valence-corrected chi connectivity index (χ2v) is 4.08. The number of nitrogens with zero attached hydrogens (tertiary/aromatic N) is 1. The summed E-state index contributed by atoms with van der Waals surface area (Å²) in [5.74, 6) is -0.113. The first-order chi connectivity index (χ1) is 7.72. The fraction of sp³-hybridized carbons (Fsp3) is 0.308. The molecule has 2 rings (SSSR count). The Bertz CT molecular complexity index is 414. The molecule has 1 aromatic carbocycles. The molecule has 0 aromatic heterocycles. The molecule has 1 N–H and O–H groups in total. The van der Waals surface area contributed by atoms with Crippen LogP contribution in [0.25, 0.3) is 0 Å². The van der Waals surface area contributed by atoms with E-state index >= 15 is 0 Å². The van der Waals surface area contributed by atoms with Gasteiger partial charge in [0.05, 0.1) is 6.04 Å². The Morgan fingerprint density at radius 1 is 1.62 bits per heavy atom. The smallest absolute Gasteiger partial charge is 0.243 e. The minimum absolute atomic E-state index is 0.113. The zero-order valence-electron chi connectivity index (χ0n) is 9.44. The first-order valence-corrected chi connectivity index (χ1v) is 5.40. The van der Waals surface area contributed by atoms with Gasteiger partial charge in [0.15, 0.2) is 0 Å². The van der Waals surface area contributed by atoms with E-state index in [9.17, 15) is 4.79 Å². The topological polar surface area (TPSA) is 32.3 Å². The van der Waals surface area contributed by atoms with Crippen LogP contribution in [0.15, 0.2) is 36.9 Å². The van der Waals surface area contributed by atoms with E-state index in [1.54, 1.807) is 0 Å². The fourth-order valence-electron chi connectivity index (χ4n) is 2.15. The molecule has 3 heteroatoms. The molecule has 84 valence electrons. The van der Waals surface area contributed by atoms with Crippen molar-refractivity contribution in [2.45, 2.75) is 12.6 Å². The van der Waals surface area contributed by atoms with Crippen molar-refractivity contribution < 1.29 is 4.79 Å². The van der Waals surface area contributed by atoms with Gasteiger partial charge in [-0.05, 0) is 24.3 Å². The first kappa shape index (κ1) is 10.9. The van der Waals surface area contributed by atoms with E-state index in [2.05, 4.69) is 42.0 Å². The molecule has 0 aliphatic carbocycles. The van der Waals surface area contributed by atoms with Crippen LogP contribution in [0.2, 0.25) is 0 Å². The zero-order valence-corrected chi connectivity index (χ0v) is 9.44. The maximum absolute atomic E-state index is 11.1. The molecule has 1 atom stereocenters. The van der Waals surface area contributed by atoms with Gasteiger partial charge < -0.3 is 5.32 Å². The fourth-order valence-corrected chi connectivity index (χ4v) is 2.15. The Morgan fingerprint density at radius 3 is 3.12 bits per heavy atom. The lowest BCUT2D eigenvalue weighted by Gasteiger charge is -2.20. The van der Waals surface area contributed by atoms with E-state index < -0.39 is 0 Å². The molecule has 0 radical (unpaired) electrons. The minimum Gasteiger partial charge on any atom is -0.351 e. The number of fused-ring (bicyclic) bond motifs is 1. The number of carbonyl (C=O) groups excluding carboxylic acids is 1. The quantitative estimate of drug-likeness (QED) is 0.776. The average molecular weight is 216 g/mol. The Balaban J connectivity index is 2.10. The number of hydrogen-bond donors (Lipinski definition) is 1. The van der Waals surface area contributed by atoms with E-state index in [-0.39, 0.29) is 11.9 Å². The SMILES string of the molecule is C=CC(=O)NCC1c2ccccc2CN1C. The van der Waals surface area contributed by atoms with Gasteiger partial charge in [-0.1, -0.05) is 30.8 Å². The molecule has 16 heavy (non-hydrogen) atoms. The Morgan fingerprint density at radius 2 is 2.38 bits per heavy atom. The Labute approximate surface area is 95.8 Å². The van der Waals surface area contributed by atoms with Gasteiger partial charge in [-0.3, -0.25) is 9.69 Å². The third kappa shape index (κ3) is 1.99. The molecule has 1 amide bonds. The van der Waals surface area contributed by atoms with Crippen LogP contribution in [0, 0.1) is 0 Å². The Hall–Kier alpha value is -1.61. The molecule has 1 unspecified atom stereocenters. The van der Waals surface area contributed by atoms with Crippen LogP contribution < -0.4 is 5.32 Å². The van der Waals surface area contributed by atoms with E-state index in [4.69, 9.17) is 0 Å². The van der Waals surface area contributed by atoms with Crippen LogP contribution in [-0.4, -0.2) is 24.4 Å². The van der Waals surface area contributed by atoms with Crippen molar-refractivity contribution in [1.29, 1.82) is 0 Å². The average Bonchev–Trinajstić information content (AvgIpc) is 2.62. The Kier molecular flexibility index (Phi) is 3.06. The highest BCUT2D eigenvalue weighted by Gasteiger charge is 2.26. The lowest BCUT2D eigenvalue weighted by Crippen LogP contribution is -2.31. The lowest BCUT2D eigenvalue weighted by atomic mass is 10.1. The third-order valence-corrected chi connectivity index (χ3v) is 3.02. The highest BCUT2D eigenvalue weighted by Crippen LogP contribution is 2.31. The van der Waals surface area contributed by atoms with Crippen molar-refractivity contribution in [2.24, 2.45) is 0 Å². The van der Waals surface area contributed by atoms with E-state index in [0.717, 1.165) is 6.54 Å². The van der Waals surface area contributed by atoms with Gasteiger partial charge in [0, 0.05) is 13.1 Å². The number of benzene rings is 1. The normalized spacial score (nSPS) is 19.2. The van der Waals surface area contributed by atoms with Crippen LogP contribution in [0.4, 0.5) is 0 Å². The summed E-state index contributed by atoms with van der Waals surface area (Å²) in [4.78, 5) is 13.4. The van der Waals surface area contributed by atoms with Crippen molar-refractivity contribution in [3.05, 3.63) is 48.0 Å². The number of likely N-dealkylation sites (N-methyl/N-ethyl adjacent to an activating group) is 1. The van der Waals surface area contributed by atoms with Crippen molar-refractivity contribution in [3.8, 4) is 0 Å². The van der Waals surface area contributed by atoms with Gasteiger partial charge >= 0.3 is 0 Å². The molecule has 1 aromatic rings. The van der Waals surface area contributed by atoms with Crippen LogP contribution in [-0.2, 0) is 11.3 Å². The molecule has 0 bridgehead atoms. The summed E-state index contributed by atoms with van der Waals surface area (Å²) in [6.45, 7) is 5.03. The van der Waals surface area contributed by atoms with E-state index in [0.29, 0.717) is 6.54 Å². The summed E-state index contributed by atoms with van der Waals surface area (Å²) < 4.78 is 0. The molecule has 1 aliphatic rings. The number of nitrogens with one attached hydrogen (secondary N) is 1. The lowest BCUT2D eigenvalue weighted by molar-refractivity contribution is -0.116. The summed E-state index contributed by atoms with van der Waals surface area (Å²) >= 11 is 0. The predicted octanol–water partition coefficient (Wildman–Crippen LogP) is 1.48. The summed E-state index contributed by atoms with van der Waals surface area (Å²) in [5, 5.41) is 2.85. The second-order valence-electron chi connectivity index (χ2n) is 4.08. The van der Waals surface area contributed by atoms with Crippen LogP contribution in [0.3, 0.4) is 0 Å². The number of hydrogen-bond acceptors (Lipinski definition) is 2. The molecule has 3 nitrogen and oxygen atoms in total. The predicted molar refractivity (Wildman–Crippen MR) is 63.9 cm³/mol. The first-order valence-electron chi connectivity index (χ1n) is 5.40. The molecule has 0 fully saturated rings. The van der Waals surface area contributed by atoms with Crippen molar-refractivity contribution in [2.75, 3.05) is 13.6 Å². The summed E-state index contributed by atoms with van der Waals surface area (Å²) in [5.41, 5.74) is 2.66. The van der Waals surface area contributed by atoms with Gasteiger partial charge in [0.25, 0.3) is 0 Å². The molecule has 1 heterocycles. The van der Waals surface area contributed by atoms with Crippen LogP contribution in [0.1, 0.15) is 17.2 Å². The molecule has 1 aliphatic heterocycles. The largest absolute Gasteiger partial charge is 0.351 e. The monoisotopic (exact) mass is 216 g/mol. The van der Waals surface area contributed by atoms with Gasteiger partial charge in [-0.2, -0.15) is 0 Å². The van der Waals surface area contributed by atoms with Crippen LogP contribution in [0.5, 0.6) is 0 Å². The number of rotatable bonds is 3. The van der Waals surface area contributed by atoms with Crippen LogP contribution >= 0.6 is 0 Å². The molecule has 0 saturated carbocycles. The summed E-state index contributed by atoms with van der Waals surface area (Å²) in [6.07, 6.45) is 1.31. The standard InChI is InChI=1S/C13H16N2O/c1-3-13(16)14-8-12-11-7-5-4-6-10(11)9-15(12)2/h3-7,12H,1,8-9H2,2H3,(H,14,16). The van der Waals surface area contributed by atoms with E-state index in [1.165, 1.54) is 17.2 Å². The molecule has 0 saturated heterocycles. The number of carbonyl (C=O) groups is 1. The third-order valence-electron chi connectivity index (χ3n) is 3.02. The van der Waals surface area contributed by atoms with Gasteiger partial charge in [0.1, 0.15) is 0 Å². The van der Waals surface area contributed by atoms with Gasteiger partial charge in [-0.25, -0.2) is 0 Å². The molecule has 0 spiro atoms. The maximum atomic E-state index is 11.1. The molecular weight excluding hydrogens is 200 g/mol. The van der Waals surface area contributed by atoms with Crippen molar-refractivity contribution >= 4 is 5.91 Å². The van der Waals surface area contributed by atoms with Gasteiger partial charge in [0.2, 0.25) is 5.91 Å². The van der Waals surface area contributed by atoms with E-state index in [1.807, 2.05) is 6.07 Å². The maximum Gasteiger partial charge on any atom is 0.243 e. The minimum atomic E-state index is -0.113. The highest BCUT2D eigenvalue weighted by atomic mass is 16.1. The summed E-state index contributed by atoms with van der Waals surface area (Å²) in [7, 11) is 2.07. The van der Waals surface area contributed by atoms with Gasteiger partial charge in [-0.15, -0.1) is 0 Å². The summed E-state index contributed by atoms with van der Waals surface area (Å²) in [6, 6.07) is 8.64. The second kappa shape index (κ2) is 4.49. The van der Waals surface area contributed by atoms with Crippen molar-refractivity contribution in [3.63, 3.8) is 0 Å².